The van der Waals surface area contributed by atoms with Crippen LogP contribution in [0.25, 0.3) is 0 Å². The second-order valence-electron chi connectivity index (χ2n) is 13.2. The lowest BCUT2D eigenvalue weighted by Gasteiger charge is -2.17. The Morgan fingerprint density at radius 3 is 1.02 bits per heavy atom. The Morgan fingerprint density at radius 1 is 0.500 bits per heavy atom. The van der Waals surface area contributed by atoms with Gasteiger partial charge in [-0.15, -0.1) is 0 Å². The van der Waals surface area contributed by atoms with Crippen molar-refractivity contribution in [2.24, 2.45) is 23.7 Å². The molecule has 8 nitrogen and oxygen atoms in total. The normalized spacial score (nSPS) is 12.9. The summed E-state index contributed by atoms with van der Waals surface area (Å²) in [6.07, 6.45) is 8.08. The highest BCUT2D eigenvalue weighted by molar-refractivity contribution is 5.76. The number of hydrogen-bond acceptors (Lipinski definition) is 6. The highest BCUT2D eigenvalue weighted by atomic mass is 16.5. The second kappa shape index (κ2) is 36.0. The fraction of sp³-hybridized carbons (Fsp3) is 0.895. The maximum absolute atomic E-state index is 10.8. The van der Waals surface area contributed by atoms with Gasteiger partial charge in [-0.2, -0.15) is 0 Å². The first-order valence-electron chi connectivity index (χ1n) is 17.0. The predicted molar refractivity (Wildman–Crippen MR) is 196 cm³/mol. The number of hydrogen-bond donors (Lipinski definition) is 2. The van der Waals surface area contributed by atoms with Gasteiger partial charge >= 0.3 is 11.9 Å². The van der Waals surface area contributed by atoms with Crippen molar-refractivity contribution < 1.29 is 38.9 Å². The van der Waals surface area contributed by atoms with E-state index < -0.39 is 11.9 Å². The number of rotatable bonds is 20. The molecular weight excluding hydrogens is 584 g/mol. The van der Waals surface area contributed by atoms with Crippen molar-refractivity contribution in [2.75, 3.05) is 0 Å². The Hall–Kier alpha value is -1.80. The summed E-state index contributed by atoms with van der Waals surface area (Å²) in [4.78, 5) is 42.1. The SMILES string of the molecule is C.C.CCC(CC(=O)O)CC(C)C.CCC(CC(=O)O)OC(C)C.CCC(CC(C)=O)CC(C)C.CCC(CC(C)=O)OC(C)C. The minimum atomic E-state index is -0.794. The van der Waals surface area contributed by atoms with Gasteiger partial charge in [-0.05, 0) is 90.9 Å². The number of aliphatic carboxylic acids is 2. The van der Waals surface area contributed by atoms with Crippen LogP contribution in [0.1, 0.15) is 176 Å². The molecule has 0 rings (SSSR count). The van der Waals surface area contributed by atoms with Gasteiger partial charge in [-0.3, -0.25) is 14.4 Å². The average molecular weight is 665 g/mol. The summed E-state index contributed by atoms with van der Waals surface area (Å²) in [6.45, 7) is 27.9. The first-order chi connectivity index (χ1) is 20.2. The van der Waals surface area contributed by atoms with Gasteiger partial charge in [0.25, 0.3) is 0 Å². The van der Waals surface area contributed by atoms with E-state index >= 15 is 0 Å². The maximum atomic E-state index is 10.8. The highest BCUT2D eigenvalue weighted by Gasteiger charge is 2.14. The lowest BCUT2D eigenvalue weighted by Crippen LogP contribution is -2.20. The molecule has 0 fully saturated rings. The molecule has 4 unspecified atom stereocenters. The van der Waals surface area contributed by atoms with Crippen LogP contribution in [-0.4, -0.2) is 58.1 Å². The molecule has 46 heavy (non-hydrogen) atoms. The minimum Gasteiger partial charge on any atom is -0.481 e. The van der Waals surface area contributed by atoms with Crippen LogP contribution in [-0.2, 0) is 28.7 Å². The van der Waals surface area contributed by atoms with Crippen LogP contribution in [0, 0.1) is 23.7 Å². The van der Waals surface area contributed by atoms with Crippen LogP contribution in [0.3, 0.4) is 0 Å². The second-order valence-corrected chi connectivity index (χ2v) is 13.2. The number of ether oxygens (including phenoxy) is 2. The first-order valence-corrected chi connectivity index (χ1v) is 17.0. The average Bonchev–Trinajstić information content (AvgIpc) is 2.86. The Labute approximate surface area is 286 Å². The number of carbonyl (C=O) groups excluding carboxylic acids is 2. The molecule has 8 heteroatoms. The highest BCUT2D eigenvalue weighted by Crippen LogP contribution is 2.19. The van der Waals surface area contributed by atoms with Crippen molar-refractivity contribution in [3.05, 3.63) is 0 Å². The summed E-state index contributed by atoms with van der Waals surface area (Å²) < 4.78 is 10.8. The molecule has 0 aliphatic rings. The summed E-state index contributed by atoms with van der Waals surface area (Å²) in [5.74, 6) is 1.39. The molecule has 0 aromatic carbocycles. The monoisotopic (exact) mass is 665 g/mol. The van der Waals surface area contributed by atoms with Gasteiger partial charge in [0.2, 0.25) is 0 Å². The van der Waals surface area contributed by atoms with Crippen molar-refractivity contribution in [3.8, 4) is 0 Å². The zero-order valence-corrected chi connectivity index (χ0v) is 31.0. The molecule has 0 saturated carbocycles. The molecule has 0 bridgehead atoms. The lowest BCUT2D eigenvalue weighted by atomic mass is 9.91. The molecule has 0 aromatic heterocycles. The van der Waals surface area contributed by atoms with Gasteiger partial charge in [0.15, 0.2) is 0 Å². The van der Waals surface area contributed by atoms with Crippen molar-refractivity contribution in [2.45, 2.75) is 200 Å². The Morgan fingerprint density at radius 2 is 0.804 bits per heavy atom. The summed E-state index contributed by atoms with van der Waals surface area (Å²) in [6, 6.07) is 0. The molecule has 280 valence electrons. The van der Waals surface area contributed by atoms with Gasteiger partial charge in [0, 0.05) is 19.3 Å². The van der Waals surface area contributed by atoms with Gasteiger partial charge in [-0.1, -0.05) is 83.1 Å². The predicted octanol–water partition coefficient (Wildman–Crippen LogP) is 10.7. The Kier molecular flexibility index (Phi) is 44.3. The Balaban J connectivity index is -0.000000114. The molecule has 4 atom stereocenters. The summed E-state index contributed by atoms with van der Waals surface area (Å²) >= 11 is 0. The van der Waals surface area contributed by atoms with Gasteiger partial charge in [0.05, 0.1) is 30.8 Å². The molecule has 0 heterocycles. The third-order valence-electron chi connectivity index (χ3n) is 6.56. The number of carboxylic acid groups (broad SMARTS) is 2. The van der Waals surface area contributed by atoms with E-state index in [4.69, 9.17) is 19.7 Å². The van der Waals surface area contributed by atoms with Gasteiger partial charge in [-0.25, -0.2) is 0 Å². The van der Waals surface area contributed by atoms with E-state index in [1.165, 1.54) is 6.42 Å². The smallest absolute Gasteiger partial charge is 0.305 e. The van der Waals surface area contributed by atoms with Crippen LogP contribution in [0.5, 0.6) is 0 Å². The van der Waals surface area contributed by atoms with Crippen LogP contribution >= 0.6 is 0 Å². The molecule has 0 saturated heterocycles. The largest absolute Gasteiger partial charge is 0.481 e. The van der Waals surface area contributed by atoms with Crippen LogP contribution in [0.4, 0.5) is 0 Å². The van der Waals surface area contributed by atoms with E-state index in [-0.39, 0.29) is 51.5 Å². The van der Waals surface area contributed by atoms with Crippen molar-refractivity contribution in [3.63, 3.8) is 0 Å². The molecule has 0 radical (unpaired) electrons. The standard InChI is InChI=1S/C10H20O.2C9H18O2.C8H16O3.2CH4/c1-5-10(6-8(2)3)7-9(4)11;1-5-9(6-8(4)10)11-7(2)3;1-4-8(5-7(2)3)6-9(10)11;1-4-7(5-8(9)10)11-6(2)3;;/h8,10H,5-7H2,1-4H3;7,9H,5-6H2,1-4H3;7-8H,4-6H2,1-3H3,(H,10,11);6-7H,4-5H2,1-3H3,(H,9,10);2*1H4. The summed E-state index contributed by atoms with van der Waals surface area (Å²) in [5.41, 5.74) is 0. The number of ketones is 2. The number of carboxylic acids is 2. The van der Waals surface area contributed by atoms with Crippen molar-refractivity contribution >= 4 is 23.5 Å². The first kappa shape index (κ1) is 56.5. The third kappa shape index (κ3) is 49.1. The zero-order valence-electron chi connectivity index (χ0n) is 31.0. The fourth-order valence-electron chi connectivity index (χ4n) is 4.64. The molecule has 0 aliphatic carbocycles. The maximum Gasteiger partial charge on any atom is 0.305 e. The quantitative estimate of drug-likeness (QED) is 0.132. The van der Waals surface area contributed by atoms with E-state index in [0.29, 0.717) is 36.4 Å². The van der Waals surface area contributed by atoms with Gasteiger partial charge in [0.1, 0.15) is 11.6 Å². The molecule has 0 aliphatic heterocycles. The zero-order chi connectivity index (χ0) is 35.4. The van der Waals surface area contributed by atoms with E-state index in [9.17, 15) is 19.2 Å². The van der Waals surface area contributed by atoms with E-state index in [1.807, 2.05) is 41.5 Å². The van der Waals surface area contributed by atoms with E-state index in [0.717, 1.165) is 44.4 Å². The van der Waals surface area contributed by atoms with Crippen LogP contribution in [0.15, 0.2) is 0 Å². The van der Waals surface area contributed by atoms with Crippen LogP contribution < -0.4 is 0 Å². The third-order valence-corrected chi connectivity index (χ3v) is 6.56. The fourth-order valence-corrected chi connectivity index (χ4v) is 4.64. The summed E-state index contributed by atoms with van der Waals surface area (Å²) in [7, 11) is 0. The molecule has 0 amide bonds. The molecule has 2 N–H and O–H groups in total. The van der Waals surface area contributed by atoms with Crippen molar-refractivity contribution in [1.29, 1.82) is 0 Å². The molecule has 0 spiro atoms. The molecular formula is C38H80O8. The topological polar surface area (TPSA) is 127 Å². The Bertz CT molecular complexity index is 595. The molecule has 0 aromatic rings. The van der Waals surface area contributed by atoms with E-state index in [1.54, 1.807) is 13.8 Å². The van der Waals surface area contributed by atoms with Crippen molar-refractivity contribution in [1.82, 2.24) is 0 Å². The van der Waals surface area contributed by atoms with E-state index in [2.05, 4.69) is 41.5 Å². The minimum absolute atomic E-state index is 0. The van der Waals surface area contributed by atoms with Crippen LogP contribution in [0.2, 0.25) is 0 Å². The number of carbonyl (C=O) groups is 4. The number of Topliss-reactive ketones (excluding diaryl/α,β-unsaturated/α-hetero) is 2. The lowest BCUT2D eigenvalue weighted by molar-refractivity contribution is -0.141. The summed E-state index contributed by atoms with van der Waals surface area (Å²) in [5, 5.41) is 17.0. The van der Waals surface area contributed by atoms with Gasteiger partial charge < -0.3 is 24.5 Å².